The number of halogens is 3. The molecule has 0 unspecified atom stereocenters. The summed E-state index contributed by atoms with van der Waals surface area (Å²) in [6, 6.07) is 7.03. The fraction of sp³-hybridized carbons (Fsp3) is 0.0714. The number of hydrogen-bond donors (Lipinski definition) is 2. The molecule has 20 heavy (non-hydrogen) atoms. The first kappa shape index (κ1) is 13.9. The Kier molecular flexibility index (Phi) is 3.93. The molecule has 0 aromatic heterocycles. The predicted molar refractivity (Wildman–Crippen MR) is 69.5 cm³/mol. The number of nitrogens with one attached hydrogen (secondary N) is 1. The summed E-state index contributed by atoms with van der Waals surface area (Å²) in [5, 5.41) is 2.24. The molecule has 0 radical (unpaired) electrons. The van der Waals surface area contributed by atoms with E-state index in [1.54, 1.807) is 0 Å². The van der Waals surface area contributed by atoms with Gasteiger partial charge in [0.05, 0.1) is 12.1 Å². The van der Waals surface area contributed by atoms with Gasteiger partial charge in [-0.3, -0.25) is 4.79 Å². The number of anilines is 2. The predicted octanol–water partition coefficient (Wildman–Crippen LogP) is 2.87. The SMILES string of the molecule is Nc1ccc(NC(=O)Cc2c(F)cccc2F)c(F)c1. The summed E-state index contributed by atoms with van der Waals surface area (Å²) in [5.41, 5.74) is 5.12. The van der Waals surface area contributed by atoms with E-state index in [0.717, 1.165) is 18.2 Å². The van der Waals surface area contributed by atoms with Crippen LogP contribution in [-0.4, -0.2) is 5.91 Å². The van der Waals surface area contributed by atoms with Crippen molar-refractivity contribution < 1.29 is 18.0 Å². The van der Waals surface area contributed by atoms with Crippen molar-refractivity contribution in [2.24, 2.45) is 0 Å². The second-order valence-electron chi connectivity index (χ2n) is 4.16. The molecule has 0 fully saturated rings. The third-order valence-corrected chi connectivity index (χ3v) is 2.67. The van der Waals surface area contributed by atoms with E-state index < -0.39 is 29.8 Å². The Morgan fingerprint density at radius 3 is 2.30 bits per heavy atom. The number of nitrogens with two attached hydrogens (primary N) is 1. The molecule has 1 amide bonds. The standard InChI is InChI=1S/C14H11F3N2O/c15-10-2-1-3-11(16)9(10)7-14(20)19-13-5-4-8(18)6-12(13)17/h1-6H,7,18H2,(H,19,20). The average molecular weight is 280 g/mol. The van der Waals surface area contributed by atoms with Crippen LogP contribution >= 0.6 is 0 Å². The normalized spacial score (nSPS) is 10.3. The van der Waals surface area contributed by atoms with Crippen molar-refractivity contribution in [3.8, 4) is 0 Å². The first-order valence-corrected chi connectivity index (χ1v) is 5.75. The van der Waals surface area contributed by atoms with E-state index in [4.69, 9.17) is 5.73 Å². The van der Waals surface area contributed by atoms with Crippen LogP contribution in [-0.2, 0) is 11.2 Å². The maximum absolute atomic E-state index is 13.5. The number of carbonyl (C=O) groups excluding carboxylic acids is 1. The third-order valence-electron chi connectivity index (χ3n) is 2.67. The quantitative estimate of drug-likeness (QED) is 0.849. The molecule has 3 nitrogen and oxygen atoms in total. The Labute approximate surface area is 113 Å². The summed E-state index contributed by atoms with van der Waals surface area (Å²) in [6.45, 7) is 0. The second-order valence-corrected chi connectivity index (χ2v) is 4.16. The molecule has 104 valence electrons. The van der Waals surface area contributed by atoms with Crippen molar-refractivity contribution in [2.75, 3.05) is 11.1 Å². The highest BCUT2D eigenvalue weighted by molar-refractivity contribution is 5.92. The fourth-order valence-corrected chi connectivity index (χ4v) is 1.69. The van der Waals surface area contributed by atoms with Gasteiger partial charge in [-0.25, -0.2) is 13.2 Å². The molecule has 6 heteroatoms. The Balaban J connectivity index is 2.13. The molecule has 0 saturated heterocycles. The average Bonchev–Trinajstić information content (AvgIpc) is 2.37. The molecule has 0 spiro atoms. The van der Waals surface area contributed by atoms with E-state index in [1.165, 1.54) is 18.2 Å². The lowest BCUT2D eigenvalue weighted by atomic mass is 10.1. The highest BCUT2D eigenvalue weighted by Gasteiger charge is 2.14. The summed E-state index contributed by atoms with van der Waals surface area (Å²) in [4.78, 5) is 11.7. The van der Waals surface area contributed by atoms with E-state index >= 15 is 0 Å². The highest BCUT2D eigenvalue weighted by Crippen LogP contribution is 2.18. The lowest BCUT2D eigenvalue weighted by Gasteiger charge is -2.08. The van der Waals surface area contributed by atoms with Gasteiger partial charge < -0.3 is 11.1 Å². The number of hydrogen-bond acceptors (Lipinski definition) is 2. The molecule has 0 saturated carbocycles. The smallest absolute Gasteiger partial charge is 0.229 e. The minimum Gasteiger partial charge on any atom is -0.399 e. The maximum atomic E-state index is 13.5. The summed E-state index contributed by atoms with van der Waals surface area (Å²) < 4.78 is 40.2. The monoisotopic (exact) mass is 280 g/mol. The van der Waals surface area contributed by atoms with E-state index in [9.17, 15) is 18.0 Å². The van der Waals surface area contributed by atoms with Gasteiger partial charge in [0.25, 0.3) is 0 Å². The van der Waals surface area contributed by atoms with E-state index in [2.05, 4.69) is 5.32 Å². The second kappa shape index (κ2) is 5.64. The van der Waals surface area contributed by atoms with Gasteiger partial charge in [-0.2, -0.15) is 0 Å². The molecule has 0 atom stereocenters. The van der Waals surface area contributed by atoms with E-state index in [1.807, 2.05) is 0 Å². The lowest BCUT2D eigenvalue weighted by Crippen LogP contribution is -2.17. The van der Waals surface area contributed by atoms with Gasteiger partial charge in [0.1, 0.15) is 17.5 Å². The van der Waals surface area contributed by atoms with Gasteiger partial charge in [-0.1, -0.05) is 6.07 Å². The van der Waals surface area contributed by atoms with Crippen molar-refractivity contribution in [1.82, 2.24) is 0 Å². The van der Waals surface area contributed by atoms with Gasteiger partial charge in [0, 0.05) is 11.3 Å². The number of carbonyl (C=O) groups is 1. The van der Waals surface area contributed by atoms with Crippen molar-refractivity contribution in [3.05, 3.63) is 59.4 Å². The number of benzene rings is 2. The van der Waals surface area contributed by atoms with E-state index in [-0.39, 0.29) is 16.9 Å². The first-order valence-electron chi connectivity index (χ1n) is 5.75. The van der Waals surface area contributed by atoms with Crippen LogP contribution < -0.4 is 11.1 Å². The van der Waals surface area contributed by atoms with Crippen LogP contribution in [0.4, 0.5) is 24.5 Å². The highest BCUT2D eigenvalue weighted by atomic mass is 19.1. The van der Waals surface area contributed by atoms with E-state index in [0.29, 0.717) is 0 Å². The maximum Gasteiger partial charge on any atom is 0.229 e. The van der Waals surface area contributed by atoms with Crippen LogP contribution in [0.25, 0.3) is 0 Å². The Morgan fingerprint density at radius 1 is 1.05 bits per heavy atom. The molecule has 0 aliphatic carbocycles. The van der Waals surface area contributed by atoms with Gasteiger partial charge >= 0.3 is 0 Å². The minimum absolute atomic E-state index is 0.0963. The van der Waals surface area contributed by atoms with Gasteiger partial charge in [0.15, 0.2) is 0 Å². The zero-order chi connectivity index (χ0) is 14.7. The Morgan fingerprint density at radius 2 is 1.70 bits per heavy atom. The van der Waals surface area contributed by atoms with Crippen LogP contribution in [0.15, 0.2) is 36.4 Å². The fourth-order valence-electron chi connectivity index (χ4n) is 1.69. The lowest BCUT2D eigenvalue weighted by molar-refractivity contribution is -0.115. The summed E-state index contributed by atoms with van der Waals surface area (Å²) in [6.07, 6.45) is -0.525. The molecule has 0 aliphatic rings. The topological polar surface area (TPSA) is 55.1 Å². The van der Waals surface area contributed by atoms with Crippen molar-refractivity contribution in [3.63, 3.8) is 0 Å². The Hall–Kier alpha value is -2.50. The summed E-state index contributed by atoms with van der Waals surface area (Å²) in [7, 11) is 0. The van der Waals surface area contributed by atoms with Crippen LogP contribution in [0.5, 0.6) is 0 Å². The molecule has 0 aliphatic heterocycles. The molecule has 0 heterocycles. The van der Waals surface area contributed by atoms with Crippen LogP contribution in [0.1, 0.15) is 5.56 Å². The van der Waals surface area contributed by atoms with Crippen molar-refractivity contribution >= 4 is 17.3 Å². The molecule has 0 bridgehead atoms. The largest absolute Gasteiger partial charge is 0.399 e. The number of amides is 1. The van der Waals surface area contributed by atoms with Gasteiger partial charge in [-0.15, -0.1) is 0 Å². The van der Waals surface area contributed by atoms with Crippen LogP contribution in [0.2, 0.25) is 0 Å². The molecular weight excluding hydrogens is 269 g/mol. The third kappa shape index (κ3) is 3.09. The summed E-state index contributed by atoms with van der Waals surface area (Å²) in [5.74, 6) is -3.08. The van der Waals surface area contributed by atoms with Crippen LogP contribution in [0.3, 0.4) is 0 Å². The molecular formula is C14H11F3N2O. The summed E-state index contributed by atoms with van der Waals surface area (Å²) >= 11 is 0. The number of nitrogen functional groups attached to an aromatic ring is 1. The molecule has 2 aromatic rings. The molecule has 3 N–H and O–H groups in total. The first-order chi connectivity index (χ1) is 9.47. The molecule has 2 rings (SSSR count). The van der Waals surface area contributed by atoms with Gasteiger partial charge in [0.2, 0.25) is 5.91 Å². The zero-order valence-electron chi connectivity index (χ0n) is 10.3. The zero-order valence-corrected chi connectivity index (χ0v) is 10.3. The van der Waals surface area contributed by atoms with Crippen LogP contribution in [0, 0.1) is 17.5 Å². The Bertz CT molecular complexity index is 639. The minimum atomic E-state index is -0.821. The van der Waals surface area contributed by atoms with Crippen molar-refractivity contribution in [1.29, 1.82) is 0 Å². The molecule has 2 aromatic carbocycles. The number of rotatable bonds is 3. The van der Waals surface area contributed by atoms with Crippen molar-refractivity contribution in [2.45, 2.75) is 6.42 Å². The van der Waals surface area contributed by atoms with Gasteiger partial charge in [-0.05, 0) is 30.3 Å².